The number of hydrogen-bond donors (Lipinski definition) is 4. The van der Waals surface area contributed by atoms with Crippen molar-refractivity contribution in [3.05, 3.63) is 309 Å². The second-order valence-electron chi connectivity index (χ2n) is 31.2. The lowest BCUT2D eigenvalue weighted by Crippen LogP contribution is -2.44. The first kappa shape index (κ1) is 128. The lowest BCUT2D eigenvalue weighted by Gasteiger charge is -2.30. The van der Waals surface area contributed by atoms with Crippen LogP contribution in [0.4, 0.5) is 0 Å². The van der Waals surface area contributed by atoms with E-state index in [-0.39, 0.29) is 140 Å². The minimum absolute atomic E-state index is 0. The molecule has 0 aliphatic carbocycles. The van der Waals surface area contributed by atoms with Crippen molar-refractivity contribution >= 4 is 98.3 Å². The number of nitrogens with two attached hydrogens (primary N) is 1. The second kappa shape index (κ2) is 67.8. The van der Waals surface area contributed by atoms with E-state index >= 15 is 0 Å². The number of carbonyl (C=O) groups excluding carboxylic acids is 13. The summed E-state index contributed by atoms with van der Waals surface area (Å²) in [6.07, 6.45) is 0.778. The number of imide groups is 4. The summed E-state index contributed by atoms with van der Waals surface area (Å²) in [6, 6.07) is 72.6. The molecule has 1 atom stereocenters. The Hall–Kier alpha value is -13.4. The summed E-state index contributed by atoms with van der Waals surface area (Å²) in [5.41, 5.74) is 13.8. The van der Waals surface area contributed by atoms with Crippen LogP contribution in [0.5, 0.6) is 0 Å². The van der Waals surface area contributed by atoms with Gasteiger partial charge < -0.3 is 26.6 Å². The highest BCUT2D eigenvalue weighted by Gasteiger charge is 2.42. The van der Waals surface area contributed by atoms with Crippen LogP contribution in [-0.2, 0) is 27.3 Å². The predicted molar refractivity (Wildman–Crippen MR) is 568 cm³/mol. The van der Waals surface area contributed by atoms with Gasteiger partial charge in [0.2, 0.25) is 23.6 Å². The van der Waals surface area contributed by atoms with Crippen molar-refractivity contribution in [2.75, 3.05) is 0 Å². The summed E-state index contributed by atoms with van der Waals surface area (Å²) in [5.74, 6) is -2.15. The van der Waals surface area contributed by atoms with E-state index in [1.54, 1.807) is 66.7 Å². The Morgan fingerprint density at radius 1 is 0.321 bits per heavy atom. The Kier molecular flexibility index (Phi) is 63.2. The monoisotopic (exact) mass is 1880 g/mol. The van der Waals surface area contributed by atoms with Gasteiger partial charge >= 0.3 is 0 Å². The highest BCUT2D eigenvalue weighted by atomic mass is 16.2. The van der Waals surface area contributed by atoms with Crippen LogP contribution >= 0.6 is 0 Å². The van der Waals surface area contributed by atoms with Gasteiger partial charge in [0.25, 0.3) is 53.2 Å². The van der Waals surface area contributed by atoms with Crippen molar-refractivity contribution in [2.24, 2.45) is 5.73 Å². The van der Waals surface area contributed by atoms with Crippen LogP contribution in [0.2, 0.25) is 0 Å². The van der Waals surface area contributed by atoms with E-state index in [4.69, 9.17) is 5.73 Å². The number of nitrogens with one attached hydrogen (secondary N) is 3. The van der Waals surface area contributed by atoms with Crippen molar-refractivity contribution in [1.82, 2.24) is 40.4 Å². The molecule has 10 aromatic carbocycles. The third-order valence-electron chi connectivity index (χ3n) is 19.3. The molecule has 0 spiro atoms. The molecule has 22 nitrogen and oxygen atoms in total. The standard InChI is InChI=1S/2C15H13NO2.C13H15NO2.C11H14N2O2.C11H11NO2.C11H13NO.C11H15NO.C10H13NO.8C2H6.2CH4/c1-9(2)16-14(17)11-7-3-5-10-6-4-8-12(13(10)11)15(16)18;1-9(2)16-14(17)12-7-10-5-3-4-6-11(10)8-13(12)15(16)18;1-9(2)14-12(15)8-11(13(14)16)10-6-4-3-5-7-10;1-7(2)13-11(15)9-6-4-3-5-8(9)10(12)14;1-7(2)12-10(13)8-5-3-4-6-9(8)11(12)14;1-8(2)12-7-9-5-3-4-6-10(9)11(12)13;1-9(2)12-11(13)8-10-6-4-3-5-7-10;1-8(2)11-10(12)9-6-4-3-5-7-9;8*1-2;;/h2*3-9H,1-2H3;3-7,9,11H,8H2,1-2H3;3-7H,1-2H3,(H2,12,14)(H,13,15);3-7H,1-2H3;3-6,8H,7H2,1-2H3;3-7,9H,8H2,1-2H3,(H,12,13);3-8H,1-2H3,(H,11,12);8*1-2H3;2*1H4. The Balaban J connectivity index is -0.00000147. The maximum Gasteiger partial charge on any atom is 0.261 e. The third-order valence-corrected chi connectivity index (χ3v) is 19.3. The zero-order valence-electron chi connectivity index (χ0n) is 86.5. The Labute approximate surface area is 821 Å². The highest BCUT2D eigenvalue weighted by Crippen LogP contribution is 2.34. The molecule has 5 aliphatic heterocycles. The predicted octanol–water partition coefficient (Wildman–Crippen LogP) is 25.4. The van der Waals surface area contributed by atoms with Gasteiger partial charge in [0.15, 0.2) is 0 Å². The number of likely N-dealkylation sites (tertiary alicyclic amines) is 1. The Bertz CT molecular complexity index is 5230. The minimum atomic E-state index is -0.593. The molecular formula is C115H163N9O13. The molecule has 1 saturated heterocycles. The van der Waals surface area contributed by atoms with Crippen LogP contribution in [0.1, 0.15) is 369 Å². The van der Waals surface area contributed by atoms with Crippen molar-refractivity contribution < 1.29 is 62.3 Å². The van der Waals surface area contributed by atoms with Gasteiger partial charge in [-0.1, -0.05) is 295 Å². The average Bonchev–Trinajstić information content (AvgIpc) is 1.61. The number of rotatable bonds is 14. The summed E-state index contributed by atoms with van der Waals surface area (Å²) < 4.78 is 0. The van der Waals surface area contributed by atoms with Crippen LogP contribution < -0.4 is 21.7 Å². The number of nitrogens with zero attached hydrogens (tertiary/aromatic N) is 5. The van der Waals surface area contributed by atoms with E-state index in [0.717, 1.165) is 50.3 Å². The average molecular weight is 1880 g/mol. The normalized spacial score (nSPS) is 12.6. The largest absolute Gasteiger partial charge is 0.366 e. The molecule has 5 N–H and O–H groups in total. The molecule has 15 rings (SSSR count). The van der Waals surface area contributed by atoms with Crippen molar-refractivity contribution in [3.63, 3.8) is 0 Å². The van der Waals surface area contributed by atoms with E-state index in [1.165, 1.54) is 25.7 Å². The number of primary amides is 1. The zero-order valence-corrected chi connectivity index (χ0v) is 86.5. The molecule has 1 fully saturated rings. The quantitative estimate of drug-likeness (QED) is 0.0737. The fourth-order valence-corrected chi connectivity index (χ4v) is 13.8. The third kappa shape index (κ3) is 37.3. The maximum absolute atomic E-state index is 12.4. The van der Waals surface area contributed by atoms with Gasteiger partial charge in [-0.3, -0.25) is 81.9 Å². The molecule has 0 radical (unpaired) electrons. The first-order valence-corrected chi connectivity index (χ1v) is 48.0. The van der Waals surface area contributed by atoms with Crippen LogP contribution in [0.25, 0.3) is 21.5 Å². The molecular weight excluding hydrogens is 1720 g/mol. The molecule has 0 saturated carbocycles. The van der Waals surface area contributed by atoms with Gasteiger partial charge in [0, 0.05) is 88.9 Å². The molecule has 22 heteroatoms. The maximum atomic E-state index is 12.4. The van der Waals surface area contributed by atoms with Gasteiger partial charge in [-0.2, -0.15) is 0 Å². The van der Waals surface area contributed by atoms with Gasteiger partial charge in [-0.25, -0.2) is 0 Å². The lowest BCUT2D eigenvalue weighted by molar-refractivity contribution is -0.140. The van der Waals surface area contributed by atoms with Crippen LogP contribution in [0.15, 0.2) is 237 Å². The van der Waals surface area contributed by atoms with E-state index in [1.807, 2.05) is 390 Å². The molecule has 13 amide bonds. The first-order chi connectivity index (χ1) is 64.5. The summed E-state index contributed by atoms with van der Waals surface area (Å²) in [5, 5.41) is 12.1. The number of amides is 13. The molecule has 0 bridgehead atoms. The zero-order chi connectivity index (χ0) is 103. The lowest BCUT2D eigenvalue weighted by atomic mass is 9.93. The van der Waals surface area contributed by atoms with Gasteiger partial charge in [0.1, 0.15) is 0 Å². The Morgan fingerprint density at radius 2 is 0.642 bits per heavy atom. The van der Waals surface area contributed by atoms with E-state index < -0.39 is 5.91 Å². The first-order valence-electron chi connectivity index (χ1n) is 48.0. The molecule has 1 unspecified atom stereocenters. The topological polar surface area (TPSA) is 300 Å². The fraction of sp³-hybridized carbons (Fsp3) is 0.400. The van der Waals surface area contributed by atoms with E-state index in [9.17, 15) is 62.3 Å². The fourth-order valence-electron chi connectivity index (χ4n) is 13.8. The molecule has 137 heavy (non-hydrogen) atoms. The molecule has 5 heterocycles. The van der Waals surface area contributed by atoms with Gasteiger partial charge in [-0.15, -0.1) is 0 Å². The van der Waals surface area contributed by atoms with E-state index in [0.29, 0.717) is 63.4 Å². The molecule has 10 aromatic rings. The van der Waals surface area contributed by atoms with Gasteiger partial charge in [-0.05, 0) is 210 Å². The molecule has 5 aliphatic rings. The van der Waals surface area contributed by atoms with Crippen molar-refractivity contribution in [2.45, 2.75) is 310 Å². The Morgan fingerprint density at radius 3 is 1.01 bits per heavy atom. The van der Waals surface area contributed by atoms with Crippen molar-refractivity contribution in [1.29, 1.82) is 0 Å². The highest BCUT2D eigenvalue weighted by molar-refractivity contribution is 6.26. The van der Waals surface area contributed by atoms with Crippen LogP contribution in [-0.4, -0.2) is 150 Å². The summed E-state index contributed by atoms with van der Waals surface area (Å²) in [4.78, 5) is 161. The summed E-state index contributed by atoms with van der Waals surface area (Å²) in [7, 11) is 0. The SMILES string of the molecule is C.C.CC.CC.CC.CC.CC.CC.CC.CC.CC(C)N1C(=O)CC(c2ccccc2)C1=O.CC(C)N1C(=O)c2cc3ccccc3cc2C1=O.CC(C)N1C(=O)c2cccc3cccc(c23)C1=O.CC(C)N1C(=O)c2ccccc2C1=O.CC(C)N1Cc2ccccc2C1=O.CC(C)NC(=O)Cc1ccccc1.CC(C)NC(=O)c1ccccc1.CC(C)NC(=O)c1ccccc1C(N)=O. The second-order valence-corrected chi connectivity index (χ2v) is 31.2. The van der Waals surface area contributed by atoms with Gasteiger partial charge in [0.05, 0.1) is 45.7 Å². The number of carbonyl (C=O) groups is 13. The van der Waals surface area contributed by atoms with Crippen LogP contribution in [0.3, 0.4) is 0 Å². The number of hydrogen-bond acceptors (Lipinski definition) is 13. The minimum Gasteiger partial charge on any atom is -0.366 e. The van der Waals surface area contributed by atoms with Crippen LogP contribution in [0, 0.1) is 0 Å². The number of fused-ring (bicyclic) bond motifs is 4. The molecule has 746 valence electrons. The summed E-state index contributed by atoms with van der Waals surface area (Å²) in [6.45, 7) is 63.2. The molecule has 0 aromatic heterocycles. The van der Waals surface area contributed by atoms with E-state index in [2.05, 4.69) is 16.0 Å². The summed E-state index contributed by atoms with van der Waals surface area (Å²) >= 11 is 0. The van der Waals surface area contributed by atoms with Crippen molar-refractivity contribution in [3.8, 4) is 0 Å². The number of benzene rings is 10. The smallest absolute Gasteiger partial charge is 0.261 e.